The normalized spacial score (nSPS) is 11.1. The fraction of sp³-hybridized carbons (Fsp3) is 0.100. The molecule has 0 atom stereocenters. The summed E-state index contributed by atoms with van der Waals surface area (Å²) >= 11 is 9.77. The molecule has 13 nitrogen and oxygen atoms in total. The number of anilines is 2. The largest absolute Gasteiger partial charge is 0.334 e. The van der Waals surface area contributed by atoms with Gasteiger partial charge in [-0.2, -0.15) is 5.10 Å². The van der Waals surface area contributed by atoms with Crippen molar-refractivity contribution >= 4 is 75.4 Å². The molecule has 190 valence electrons. The smallest absolute Gasteiger partial charge is 0.269 e. The number of nitrogens with zero attached hydrogens (tertiary/aromatic N) is 7. The molecule has 17 heteroatoms. The Hall–Kier alpha value is -3.73. The van der Waals surface area contributed by atoms with Crippen molar-refractivity contribution in [3.8, 4) is 0 Å². The van der Waals surface area contributed by atoms with Crippen LogP contribution in [0.3, 0.4) is 0 Å². The van der Waals surface area contributed by atoms with Crippen LogP contribution in [-0.2, 0) is 10.5 Å². The molecule has 2 aromatic heterocycles. The lowest BCUT2D eigenvalue weighted by Gasteiger charge is -2.03. The van der Waals surface area contributed by atoms with Gasteiger partial charge in [0.05, 0.1) is 16.9 Å². The fourth-order valence-electron chi connectivity index (χ4n) is 2.63. The minimum absolute atomic E-state index is 0.0166. The maximum absolute atomic E-state index is 12.3. The maximum Gasteiger partial charge on any atom is 0.269 e. The van der Waals surface area contributed by atoms with Gasteiger partial charge in [0.25, 0.3) is 11.6 Å². The van der Waals surface area contributed by atoms with Gasteiger partial charge in [0.15, 0.2) is 4.34 Å². The van der Waals surface area contributed by atoms with E-state index in [2.05, 4.69) is 36.2 Å². The van der Waals surface area contributed by atoms with Gasteiger partial charge in [0.1, 0.15) is 0 Å². The molecule has 2 heterocycles. The Morgan fingerprint density at radius 3 is 2.62 bits per heavy atom. The first-order valence-electron chi connectivity index (χ1n) is 10.2. The lowest BCUT2D eigenvalue weighted by Crippen LogP contribution is -2.16. The molecule has 0 bridgehead atoms. The molecular weight excluding hydrogens is 560 g/mol. The van der Waals surface area contributed by atoms with Gasteiger partial charge in [-0.15, -0.1) is 20.4 Å². The van der Waals surface area contributed by atoms with Gasteiger partial charge in [-0.1, -0.05) is 58.6 Å². The highest BCUT2D eigenvalue weighted by atomic mass is 35.5. The number of halogens is 1. The van der Waals surface area contributed by atoms with Crippen molar-refractivity contribution in [3.05, 3.63) is 74.8 Å². The molecule has 4 aromatic rings. The van der Waals surface area contributed by atoms with E-state index in [1.54, 1.807) is 12.1 Å². The van der Waals surface area contributed by atoms with Gasteiger partial charge >= 0.3 is 0 Å². The van der Waals surface area contributed by atoms with Crippen LogP contribution in [0, 0.1) is 10.1 Å². The third kappa shape index (κ3) is 7.63. The predicted molar refractivity (Wildman–Crippen MR) is 145 cm³/mol. The van der Waals surface area contributed by atoms with Gasteiger partial charge in [0, 0.05) is 22.9 Å². The van der Waals surface area contributed by atoms with Crippen molar-refractivity contribution in [2.75, 3.05) is 22.3 Å². The van der Waals surface area contributed by atoms with Crippen LogP contribution in [0.15, 0.2) is 63.1 Å². The quantitative estimate of drug-likeness (QED) is 0.0589. The molecule has 0 saturated heterocycles. The number of nitrogens with one attached hydrogen (secondary N) is 2. The third-order valence-corrected chi connectivity index (χ3v) is 7.65. The van der Waals surface area contributed by atoms with Gasteiger partial charge in [-0.05, 0) is 35.4 Å². The van der Waals surface area contributed by atoms with E-state index in [1.807, 2.05) is 24.3 Å². The Morgan fingerprint density at radius 1 is 1.14 bits per heavy atom. The van der Waals surface area contributed by atoms with Crippen LogP contribution in [0.25, 0.3) is 0 Å². The molecule has 0 fully saturated rings. The van der Waals surface area contributed by atoms with Gasteiger partial charge in [-0.3, -0.25) is 20.2 Å². The number of non-ortho nitro benzene ring substituents is 1. The maximum atomic E-state index is 12.3. The van der Waals surface area contributed by atoms with Crippen molar-refractivity contribution in [2.45, 2.75) is 15.2 Å². The first-order valence-corrected chi connectivity index (χ1v) is 13.4. The standard InChI is InChI=1S/C20H17ClN10O3S3/c21-14-5-1-13(2-6-14)10-36-20-29-27-18(37-20)24-16(32)11-35-19-28-26-17(30(19)22)25-23-9-12-3-7-15(8-4-12)31(33)34/h1-9H,10-11,22H2,(H,25,26)(H,24,27,32)/b23-9+. The number of hydrogen-bond acceptors (Lipinski definition) is 13. The molecule has 37 heavy (non-hydrogen) atoms. The zero-order chi connectivity index (χ0) is 26.2. The second-order valence-corrected chi connectivity index (χ2v) is 10.6. The number of aromatic nitrogens is 5. The molecule has 1 amide bonds. The van der Waals surface area contributed by atoms with E-state index in [4.69, 9.17) is 17.4 Å². The van der Waals surface area contributed by atoms with Crippen molar-refractivity contribution in [2.24, 2.45) is 5.10 Å². The van der Waals surface area contributed by atoms with Crippen molar-refractivity contribution in [1.29, 1.82) is 0 Å². The summed E-state index contributed by atoms with van der Waals surface area (Å²) in [6, 6.07) is 13.4. The average Bonchev–Trinajstić information content (AvgIpc) is 3.48. The summed E-state index contributed by atoms with van der Waals surface area (Å²) in [6.07, 6.45) is 1.45. The topological polar surface area (TPSA) is 179 Å². The lowest BCUT2D eigenvalue weighted by atomic mass is 10.2. The summed E-state index contributed by atoms with van der Waals surface area (Å²) in [5, 5.41) is 34.7. The average molecular weight is 577 g/mol. The molecule has 0 aliphatic carbocycles. The van der Waals surface area contributed by atoms with Crippen molar-refractivity contribution in [3.63, 3.8) is 0 Å². The first kappa shape index (κ1) is 26.3. The van der Waals surface area contributed by atoms with E-state index in [-0.39, 0.29) is 23.3 Å². The number of nitro benzene ring substituents is 1. The van der Waals surface area contributed by atoms with E-state index >= 15 is 0 Å². The van der Waals surface area contributed by atoms with E-state index < -0.39 is 4.92 Å². The number of hydrogen-bond donors (Lipinski definition) is 3. The minimum Gasteiger partial charge on any atom is -0.334 e. The Balaban J connectivity index is 1.22. The number of nitrogen functional groups attached to an aromatic ring is 1. The number of carbonyl (C=O) groups is 1. The van der Waals surface area contributed by atoms with Gasteiger partial charge < -0.3 is 5.84 Å². The molecule has 0 unspecified atom stereocenters. The predicted octanol–water partition coefficient (Wildman–Crippen LogP) is 3.87. The number of hydrazone groups is 1. The fourth-order valence-corrected chi connectivity index (χ4v) is 5.13. The molecular formula is C20H17ClN10O3S3. The molecule has 4 N–H and O–H groups in total. The Morgan fingerprint density at radius 2 is 1.89 bits per heavy atom. The third-order valence-electron chi connectivity index (χ3n) is 4.41. The summed E-state index contributed by atoms with van der Waals surface area (Å²) in [4.78, 5) is 22.6. The second kappa shape index (κ2) is 12.5. The van der Waals surface area contributed by atoms with E-state index in [0.29, 0.717) is 26.6 Å². The molecule has 0 spiro atoms. The molecule has 2 aromatic carbocycles. The highest BCUT2D eigenvalue weighted by Gasteiger charge is 2.14. The molecule has 0 saturated carbocycles. The second-order valence-electron chi connectivity index (χ2n) is 7.02. The van der Waals surface area contributed by atoms with Gasteiger partial charge in [-0.25, -0.2) is 10.1 Å². The number of benzene rings is 2. The number of carbonyl (C=O) groups excluding carboxylic acids is 1. The molecule has 0 radical (unpaired) electrons. The van der Waals surface area contributed by atoms with Crippen LogP contribution < -0.4 is 16.6 Å². The molecule has 0 aliphatic heterocycles. The summed E-state index contributed by atoms with van der Waals surface area (Å²) in [5.74, 6) is 6.54. The highest BCUT2D eigenvalue weighted by molar-refractivity contribution is 8.00. The zero-order valence-corrected chi connectivity index (χ0v) is 21.9. The van der Waals surface area contributed by atoms with Crippen LogP contribution in [0.4, 0.5) is 16.8 Å². The van der Waals surface area contributed by atoms with Crippen LogP contribution >= 0.6 is 46.5 Å². The number of rotatable bonds is 11. The molecule has 0 aliphatic rings. The Bertz CT molecular complexity index is 1410. The lowest BCUT2D eigenvalue weighted by molar-refractivity contribution is -0.384. The van der Waals surface area contributed by atoms with Crippen molar-refractivity contribution in [1.82, 2.24) is 25.1 Å². The van der Waals surface area contributed by atoms with E-state index in [9.17, 15) is 14.9 Å². The number of nitrogens with two attached hydrogens (primary N) is 1. The minimum atomic E-state index is -0.482. The number of nitro groups is 1. The number of thioether (sulfide) groups is 2. The Labute approximate surface area is 227 Å². The summed E-state index contributed by atoms with van der Waals surface area (Å²) < 4.78 is 1.88. The monoisotopic (exact) mass is 576 g/mol. The van der Waals surface area contributed by atoms with Crippen molar-refractivity contribution < 1.29 is 9.72 Å². The van der Waals surface area contributed by atoms with Crippen LogP contribution in [-0.4, -0.2) is 47.9 Å². The SMILES string of the molecule is Nn1c(N/N=C/c2ccc([N+](=O)[O-])cc2)nnc1SCC(=O)Nc1nnc(SCc2ccc(Cl)cc2)s1. The Kier molecular flexibility index (Phi) is 8.89. The summed E-state index contributed by atoms with van der Waals surface area (Å²) in [5.41, 5.74) is 4.36. The molecule has 4 rings (SSSR count). The highest BCUT2D eigenvalue weighted by Crippen LogP contribution is 2.29. The van der Waals surface area contributed by atoms with Crippen LogP contribution in [0.1, 0.15) is 11.1 Å². The first-order chi connectivity index (χ1) is 17.9. The van der Waals surface area contributed by atoms with E-state index in [0.717, 1.165) is 26.3 Å². The van der Waals surface area contributed by atoms with E-state index in [1.165, 1.54) is 41.4 Å². The van der Waals surface area contributed by atoms with Gasteiger partial charge in [0.2, 0.25) is 16.2 Å². The summed E-state index contributed by atoms with van der Waals surface area (Å²) in [7, 11) is 0. The summed E-state index contributed by atoms with van der Waals surface area (Å²) in [6.45, 7) is 0. The van der Waals surface area contributed by atoms with Crippen LogP contribution in [0.2, 0.25) is 5.02 Å². The van der Waals surface area contributed by atoms with Crippen LogP contribution in [0.5, 0.6) is 0 Å². The number of amides is 1. The zero-order valence-electron chi connectivity index (χ0n) is 18.6.